The molecular weight excluding hydrogens is 313 g/mol. The highest BCUT2D eigenvalue weighted by Crippen LogP contribution is 2.37. The zero-order valence-electron chi connectivity index (χ0n) is 9.25. The van der Waals surface area contributed by atoms with Gasteiger partial charge in [0.15, 0.2) is 0 Å². The highest BCUT2D eigenvalue weighted by Gasteiger charge is 2.45. The van der Waals surface area contributed by atoms with Gasteiger partial charge in [-0.15, -0.1) is 0 Å². The van der Waals surface area contributed by atoms with Gasteiger partial charge < -0.3 is 5.32 Å². The molecule has 0 unspecified atom stereocenters. The van der Waals surface area contributed by atoms with Crippen LogP contribution in [0.5, 0.6) is 0 Å². The van der Waals surface area contributed by atoms with E-state index in [1.165, 1.54) is 24.9 Å². The zero-order valence-corrected chi connectivity index (χ0v) is 11.4. The normalized spacial score (nSPS) is 23.6. The Bertz CT molecular complexity index is 372. The maximum atomic E-state index is 4.34. The van der Waals surface area contributed by atoms with E-state index in [0.717, 1.165) is 23.3 Å². The zero-order chi connectivity index (χ0) is 11.0. The third-order valence-corrected chi connectivity index (χ3v) is 4.14. The summed E-state index contributed by atoms with van der Waals surface area (Å²) in [4.78, 5) is 6.89. The molecule has 0 amide bonds. The molecule has 1 aromatic heterocycles. The Hall–Kier alpha value is -0.200. The average molecular weight is 329 g/mol. The molecule has 3 nitrogen and oxygen atoms in total. The van der Waals surface area contributed by atoms with Crippen molar-refractivity contribution in [2.45, 2.75) is 24.9 Å². The lowest BCUT2D eigenvalue weighted by molar-refractivity contribution is 0.182. The lowest BCUT2D eigenvalue weighted by Gasteiger charge is -2.33. The van der Waals surface area contributed by atoms with Gasteiger partial charge in [0.05, 0.1) is 0 Å². The standard InChI is InChI=1S/C12H16IN3/c13-11-2-1-10(7-14-11)8-16-6-5-15-12(9-16)3-4-12/h1-2,7,15H,3-6,8-9H2. The number of aromatic nitrogens is 1. The molecular formula is C12H16IN3. The number of hydrogen-bond acceptors (Lipinski definition) is 3. The van der Waals surface area contributed by atoms with Gasteiger partial charge in [-0.25, -0.2) is 0 Å². The van der Waals surface area contributed by atoms with Crippen LogP contribution in [0.4, 0.5) is 0 Å². The molecule has 3 rings (SSSR count). The van der Waals surface area contributed by atoms with E-state index < -0.39 is 0 Å². The molecule has 1 aromatic rings. The molecule has 0 radical (unpaired) electrons. The molecule has 1 spiro atoms. The van der Waals surface area contributed by atoms with E-state index >= 15 is 0 Å². The highest BCUT2D eigenvalue weighted by molar-refractivity contribution is 14.1. The van der Waals surface area contributed by atoms with E-state index in [9.17, 15) is 0 Å². The number of nitrogens with zero attached hydrogens (tertiary/aromatic N) is 2. The third-order valence-electron chi connectivity index (χ3n) is 3.50. The second-order valence-electron chi connectivity index (χ2n) is 4.91. The molecule has 2 fully saturated rings. The van der Waals surface area contributed by atoms with Gasteiger partial charge in [-0.05, 0) is 47.1 Å². The molecule has 2 heterocycles. The lowest BCUT2D eigenvalue weighted by Crippen LogP contribution is -2.51. The van der Waals surface area contributed by atoms with Crippen LogP contribution in [-0.2, 0) is 6.54 Å². The molecule has 2 aliphatic rings. The molecule has 16 heavy (non-hydrogen) atoms. The maximum Gasteiger partial charge on any atom is 0.101 e. The molecule has 1 saturated carbocycles. The predicted octanol–water partition coefficient (Wildman–Crippen LogP) is 1.62. The topological polar surface area (TPSA) is 28.2 Å². The Labute approximate surface area is 110 Å². The molecule has 1 N–H and O–H groups in total. The first-order valence-electron chi connectivity index (χ1n) is 5.84. The first kappa shape index (κ1) is 10.9. The molecule has 0 bridgehead atoms. The van der Waals surface area contributed by atoms with Crippen molar-refractivity contribution in [1.82, 2.24) is 15.2 Å². The van der Waals surface area contributed by atoms with Crippen LogP contribution in [0.15, 0.2) is 18.3 Å². The summed E-state index contributed by atoms with van der Waals surface area (Å²) in [5, 5.41) is 3.64. The smallest absolute Gasteiger partial charge is 0.101 e. The van der Waals surface area contributed by atoms with Gasteiger partial charge in [0.2, 0.25) is 0 Å². The van der Waals surface area contributed by atoms with Crippen LogP contribution in [0.1, 0.15) is 18.4 Å². The fourth-order valence-corrected chi connectivity index (χ4v) is 2.74. The minimum atomic E-state index is 0.481. The fourth-order valence-electron chi connectivity index (χ4n) is 2.42. The van der Waals surface area contributed by atoms with Crippen molar-refractivity contribution in [3.8, 4) is 0 Å². The van der Waals surface area contributed by atoms with Crippen LogP contribution in [-0.4, -0.2) is 35.1 Å². The van der Waals surface area contributed by atoms with Gasteiger partial charge in [0.25, 0.3) is 0 Å². The maximum absolute atomic E-state index is 4.34. The monoisotopic (exact) mass is 329 g/mol. The first-order valence-corrected chi connectivity index (χ1v) is 6.92. The molecule has 0 aromatic carbocycles. The van der Waals surface area contributed by atoms with Gasteiger partial charge in [-0.1, -0.05) is 6.07 Å². The van der Waals surface area contributed by atoms with Crippen molar-refractivity contribution in [1.29, 1.82) is 0 Å². The predicted molar refractivity (Wildman–Crippen MR) is 72.2 cm³/mol. The largest absolute Gasteiger partial charge is 0.309 e. The van der Waals surface area contributed by atoms with Crippen molar-refractivity contribution in [3.63, 3.8) is 0 Å². The number of pyridine rings is 1. The summed E-state index contributed by atoms with van der Waals surface area (Å²) in [5.74, 6) is 0. The van der Waals surface area contributed by atoms with Crippen LogP contribution in [0.2, 0.25) is 0 Å². The Morgan fingerprint density at radius 3 is 3.00 bits per heavy atom. The lowest BCUT2D eigenvalue weighted by atomic mass is 10.1. The van der Waals surface area contributed by atoms with Crippen LogP contribution >= 0.6 is 22.6 Å². The summed E-state index contributed by atoms with van der Waals surface area (Å²) in [6, 6.07) is 4.28. The minimum Gasteiger partial charge on any atom is -0.309 e. The molecule has 1 saturated heterocycles. The Morgan fingerprint density at radius 1 is 1.44 bits per heavy atom. The van der Waals surface area contributed by atoms with E-state index in [4.69, 9.17) is 0 Å². The van der Waals surface area contributed by atoms with E-state index in [-0.39, 0.29) is 0 Å². The quantitative estimate of drug-likeness (QED) is 0.660. The number of hydrogen-bond donors (Lipinski definition) is 1. The molecule has 1 aliphatic heterocycles. The fraction of sp³-hybridized carbons (Fsp3) is 0.583. The van der Waals surface area contributed by atoms with Gasteiger partial charge >= 0.3 is 0 Å². The molecule has 0 atom stereocenters. The van der Waals surface area contributed by atoms with Gasteiger partial charge in [0, 0.05) is 37.9 Å². The summed E-state index contributed by atoms with van der Waals surface area (Å²) < 4.78 is 1.07. The summed E-state index contributed by atoms with van der Waals surface area (Å²) in [6.07, 6.45) is 4.71. The van der Waals surface area contributed by atoms with Gasteiger partial charge in [0.1, 0.15) is 3.70 Å². The van der Waals surface area contributed by atoms with Crippen LogP contribution in [0, 0.1) is 3.70 Å². The van der Waals surface area contributed by atoms with Crippen molar-refractivity contribution < 1.29 is 0 Å². The first-order chi connectivity index (χ1) is 7.76. The molecule has 4 heteroatoms. The van der Waals surface area contributed by atoms with E-state index in [1.54, 1.807) is 0 Å². The van der Waals surface area contributed by atoms with Crippen molar-refractivity contribution >= 4 is 22.6 Å². The van der Waals surface area contributed by atoms with E-state index in [0.29, 0.717) is 5.54 Å². The number of rotatable bonds is 2. The summed E-state index contributed by atoms with van der Waals surface area (Å²) in [7, 11) is 0. The SMILES string of the molecule is Ic1ccc(CN2CCNC3(CC3)C2)cn1. The minimum absolute atomic E-state index is 0.481. The highest BCUT2D eigenvalue weighted by atomic mass is 127. The Kier molecular flexibility index (Phi) is 2.89. The summed E-state index contributed by atoms with van der Waals surface area (Å²) in [6.45, 7) is 4.55. The number of halogens is 1. The van der Waals surface area contributed by atoms with Crippen LogP contribution < -0.4 is 5.32 Å². The second-order valence-corrected chi connectivity index (χ2v) is 6.01. The van der Waals surface area contributed by atoms with Gasteiger partial charge in [-0.2, -0.15) is 0 Å². The van der Waals surface area contributed by atoms with Crippen LogP contribution in [0.3, 0.4) is 0 Å². The Morgan fingerprint density at radius 2 is 2.31 bits per heavy atom. The molecule has 1 aliphatic carbocycles. The third kappa shape index (κ3) is 2.38. The van der Waals surface area contributed by atoms with Gasteiger partial charge in [-0.3, -0.25) is 9.88 Å². The summed E-state index contributed by atoms with van der Waals surface area (Å²) >= 11 is 2.25. The second kappa shape index (κ2) is 4.23. The summed E-state index contributed by atoms with van der Waals surface area (Å²) in [5.41, 5.74) is 1.81. The molecule has 86 valence electrons. The van der Waals surface area contributed by atoms with Crippen molar-refractivity contribution in [3.05, 3.63) is 27.6 Å². The number of piperazine rings is 1. The van der Waals surface area contributed by atoms with E-state index in [1.807, 2.05) is 6.20 Å². The van der Waals surface area contributed by atoms with E-state index in [2.05, 4.69) is 49.9 Å². The van der Waals surface area contributed by atoms with Crippen molar-refractivity contribution in [2.75, 3.05) is 19.6 Å². The van der Waals surface area contributed by atoms with Crippen molar-refractivity contribution in [2.24, 2.45) is 0 Å². The Balaban J connectivity index is 1.63. The number of nitrogens with one attached hydrogen (secondary N) is 1. The van der Waals surface area contributed by atoms with Crippen LogP contribution in [0.25, 0.3) is 0 Å². The average Bonchev–Trinajstić information content (AvgIpc) is 3.01.